The molecule has 272 valence electrons. The van der Waals surface area contributed by atoms with Crippen LogP contribution in [-0.4, -0.2) is 83.2 Å². The summed E-state index contributed by atoms with van der Waals surface area (Å²) in [6.45, 7) is -0.148. The van der Waals surface area contributed by atoms with E-state index in [0.29, 0.717) is 17.6 Å². The van der Waals surface area contributed by atoms with Gasteiger partial charge in [-0.3, -0.25) is 9.59 Å². The number of ether oxygens (including phenoxy) is 3. The van der Waals surface area contributed by atoms with E-state index in [1.54, 1.807) is 31.3 Å². The van der Waals surface area contributed by atoms with Gasteiger partial charge < -0.3 is 34.6 Å². The zero-order chi connectivity index (χ0) is 36.2. The molecule has 3 aromatic carbocycles. The first-order valence-corrected chi connectivity index (χ1v) is 18.3. The Hall–Kier alpha value is -4.77. The van der Waals surface area contributed by atoms with Gasteiger partial charge in [-0.05, 0) is 73.1 Å². The highest BCUT2D eigenvalue weighted by molar-refractivity contribution is 5.97. The van der Waals surface area contributed by atoms with Crippen LogP contribution < -0.4 is 5.32 Å². The topological polar surface area (TPSA) is 135 Å². The number of aliphatic hydroxyl groups excluding tert-OH is 1. The first-order valence-electron chi connectivity index (χ1n) is 18.3. The second-order valence-electron chi connectivity index (χ2n) is 14.3. The molecule has 52 heavy (non-hydrogen) atoms. The van der Waals surface area contributed by atoms with Crippen LogP contribution in [0.2, 0.25) is 0 Å². The minimum Gasteiger partial charge on any atom is -0.508 e. The van der Waals surface area contributed by atoms with Gasteiger partial charge in [0.25, 0.3) is 0 Å². The molecule has 3 aliphatic carbocycles. The van der Waals surface area contributed by atoms with Crippen LogP contribution in [0, 0.1) is 11.8 Å². The van der Waals surface area contributed by atoms with E-state index in [1.807, 2.05) is 72.8 Å². The smallest absolute Gasteiger partial charge is 0.338 e. The van der Waals surface area contributed by atoms with Crippen molar-refractivity contribution in [3.8, 4) is 5.75 Å². The molecule has 4 unspecified atom stereocenters. The van der Waals surface area contributed by atoms with E-state index in [-0.39, 0.29) is 55.4 Å². The van der Waals surface area contributed by atoms with Crippen molar-refractivity contribution in [1.82, 2.24) is 10.2 Å². The van der Waals surface area contributed by atoms with E-state index in [4.69, 9.17) is 14.2 Å². The Kier molecular flexibility index (Phi) is 10.6. The molecular weight excluding hydrogens is 660 g/mol. The number of aliphatic hydroxyl groups is 1. The molecule has 4 atom stereocenters. The van der Waals surface area contributed by atoms with Crippen LogP contribution in [0.25, 0.3) is 6.08 Å². The van der Waals surface area contributed by atoms with Crippen LogP contribution in [0.15, 0.2) is 96.6 Å². The monoisotopic (exact) mass is 706 g/mol. The van der Waals surface area contributed by atoms with Gasteiger partial charge in [-0.2, -0.15) is 0 Å². The average Bonchev–Trinajstić information content (AvgIpc) is 4.11. The van der Waals surface area contributed by atoms with Crippen LogP contribution >= 0.6 is 0 Å². The number of amides is 2. The molecule has 0 aromatic heterocycles. The molecule has 1 aliphatic heterocycles. The summed E-state index contributed by atoms with van der Waals surface area (Å²) in [5.41, 5.74) is 3.37. The predicted molar refractivity (Wildman–Crippen MR) is 194 cm³/mol. The lowest BCUT2D eigenvalue weighted by molar-refractivity contribution is -0.209. The van der Waals surface area contributed by atoms with Crippen molar-refractivity contribution in [2.24, 2.45) is 11.8 Å². The first-order chi connectivity index (χ1) is 25.3. The number of aromatic hydroxyl groups is 1. The molecule has 2 saturated carbocycles. The van der Waals surface area contributed by atoms with Crippen molar-refractivity contribution < 1.29 is 38.8 Å². The van der Waals surface area contributed by atoms with Crippen LogP contribution in [0.5, 0.6) is 5.75 Å². The van der Waals surface area contributed by atoms with Gasteiger partial charge in [0.05, 0.1) is 12.2 Å². The number of carbonyl (C=O) groups excluding carboxylic acids is 3. The molecule has 1 saturated heterocycles. The summed E-state index contributed by atoms with van der Waals surface area (Å²) in [5, 5.41) is 22.1. The Morgan fingerprint density at radius 3 is 2.33 bits per heavy atom. The van der Waals surface area contributed by atoms with Crippen LogP contribution in [-0.2, 0) is 36.6 Å². The SMILES string of the molecule is CN(C(=O)C1=CC2OC(C3CC3)(C3CC3)OC2C(OC(=O)c2ccc(C=CCc3ccccc3O)cc2)C1)C(Cc1ccccc1)C(=O)NCCO. The maximum atomic E-state index is 14.3. The number of likely N-dealkylation sites (N-methyl/N-ethyl adjacent to an activating group) is 1. The molecule has 0 spiro atoms. The summed E-state index contributed by atoms with van der Waals surface area (Å²) in [7, 11) is 1.60. The lowest BCUT2D eigenvalue weighted by atomic mass is 9.90. The molecule has 3 N–H and O–H groups in total. The number of esters is 1. The molecule has 3 aromatic rings. The van der Waals surface area contributed by atoms with Crippen molar-refractivity contribution >= 4 is 23.9 Å². The van der Waals surface area contributed by atoms with Gasteiger partial charge in [0, 0.05) is 43.8 Å². The number of allylic oxidation sites excluding steroid dienone is 1. The summed E-state index contributed by atoms with van der Waals surface area (Å²) < 4.78 is 19.7. The number of nitrogens with zero attached hydrogens (tertiary/aromatic N) is 1. The van der Waals surface area contributed by atoms with Crippen LogP contribution in [0.1, 0.15) is 59.2 Å². The van der Waals surface area contributed by atoms with Crippen LogP contribution in [0.4, 0.5) is 0 Å². The largest absolute Gasteiger partial charge is 0.508 e. The molecule has 7 rings (SSSR count). The van der Waals surface area contributed by atoms with Gasteiger partial charge in [0.1, 0.15) is 30.1 Å². The molecule has 2 amide bonds. The first kappa shape index (κ1) is 35.6. The van der Waals surface area contributed by atoms with Crippen molar-refractivity contribution in [2.45, 2.75) is 75.1 Å². The van der Waals surface area contributed by atoms with Crippen molar-refractivity contribution in [3.63, 3.8) is 0 Å². The normalized spacial score (nSPS) is 22.7. The lowest BCUT2D eigenvalue weighted by Gasteiger charge is -2.33. The summed E-state index contributed by atoms with van der Waals surface area (Å²) >= 11 is 0. The summed E-state index contributed by atoms with van der Waals surface area (Å²) in [6, 6.07) is 22.9. The Labute approximate surface area is 304 Å². The van der Waals surface area contributed by atoms with E-state index < -0.39 is 36.1 Å². The third kappa shape index (κ3) is 7.84. The summed E-state index contributed by atoms with van der Waals surface area (Å²) in [5.74, 6) is -1.21. The van der Waals surface area contributed by atoms with Gasteiger partial charge in [-0.25, -0.2) is 4.79 Å². The fourth-order valence-corrected chi connectivity index (χ4v) is 7.41. The fourth-order valence-electron chi connectivity index (χ4n) is 7.41. The number of fused-ring (bicyclic) bond motifs is 1. The quantitative estimate of drug-likeness (QED) is 0.200. The van der Waals surface area contributed by atoms with Gasteiger partial charge >= 0.3 is 5.97 Å². The molecule has 0 bridgehead atoms. The molecule has 10 heteroatoms. The average molecular weight is 707 g/mol. The number of phenols is 1. The van der Waals surface area contributed by atoms with Crippen LogP contribution in [0.3, 0.4) is 0 Å². The molecule has 4 aliphatic rings. The van der Waals surface area contributed by atoms with E-state index in [2.05, 4.69) is 5.32 Å². The second-order valence-corrected chi connectivity index (χ2v) is 14.3. The Morgan fingerprint density at radius 2 is 1.65 bits per heavy atom. The maximum Gasteiger partial charge on any atom is 0.338 e. The standard InChI is InChI=1S/C42H46N2O8/c1-44(34(39(47)43-22-23-45)24-28-8-3-2-4-9-28)40(48)31-25-36(38-37(26-31)51-42(52-38,32-18-19-32)33-20-21-33)50-41(49)30-16-14-27(15-17-30)10-7-12-29-11-5-6-13-35(29)46/h2-11,13-17,26,32-34,36-38,45-46H,12,18-25H2,1H3,(H,43,47). The van der Waals surface area contributed by atoms with E-state index >= 15 is 0 Å². The van der Waals surface area contributed by atoms with Gasteiger partial charge in [0.15, 0.2) is 5.79 Å². The fraction of sp³-hybridized carbons (Fsp3) is 0.405. The Bertz CT molecular complexity index is 1800. The van der Waals surface area contributed by atoms with E-state index in [1.165, 1.54) is 4.90 Å². The summed E-state index contributed by atoms with van der Waals surface area (Å²) in [4.78, 5) is 42.7. The number of nitrogens with one attached hydrogen (secondary N) is 1. The molecule has 3 fully saturated rings. The highest BCUT2D eigenvalue weighted by atomic mass is 16.8. The van der Waals surface area contributed by atoms with Gasteiger partial charge in [-0.15, -0.1) is 0 Å². The van der Waals surface area contributed by atoms with Crippen molar-refractivity contribution in [1.29, 1.82) is 0 Å². The molecule has 1 heterocycles. The number of benzene rings is 3. The summed E-state index contributed by atoms with van der Waals surface area (Å²) in [6.07, 6.45) is 8.73. The predicted octanol–water partition coefficient (Wildman–Crippen LogP) is 4.98. The van der Waals surface area contributed by atoms with Gasteiger partial charge in [-0.1, -0.05) is 72.8 Å². The number of carbonyl (C=O) groups is 3. The van der Waals surface area contributed by atoms with E-state index in [9.17, 15) is 24.6 Å². The number of rotatable bonds is 14. The van der Waals surface area contributed by atoms with E-state index in [0.717, 1.165) is 42.4 Å². The highest BCUT2D eigenvalue weighted by Crippen LogP contribution is 2.59. The second kappa shape index (κ2) is 15.5. The zero-order valence-corrected chi connectivity index (χ0v) is 29.4. The minimum absolute atomic E-state index is 0.0712. The zero-order valence-electron chi connectivity index (χ0n) is 29.4. The number of para-hydroxylation sites is 1. The van der Waals surface area contributed by atoms with Gasteiger partial charge in [0.2, 0.25) is 11.8 Å². The van der Waals surface area contributed by atoms with Crippen molar-refractivity contribution in [2.75, 3.05) is 20.2 Å². The maximum absolute atomic E-state index is 14.3. The third-order valence-electron chi connectivity index (χ3n) is 10.5. The molecular formula is C42H46N2O8. The van der Waals surface area contributed by atoms with Crippen molar-refractivity contribution in [3.05, 3.63) is 119 Å². The molecule has 0 radical (unpaired) electrons. The lowest BCUT2D eigenvalue weighted by Crippen LogP contribution is -2.51. The highest BCUT2D eigenvalue weighted by Gasteiger charge is 2.64. The number of hydrogen-bond acceptors (Lipinski definition) is 8. The number of hydrogen-bond donors (Lipinski definition) is 3. The Morgan fingerprint density at radius 1 is 0.962 bits per heavy atom. The Balaban J connectivity index is 1.09. The third-order valence-corrected chi connectivity index (χ3v) is 10.5. The molecule has 10 nitrogen and oxygen atoms in total. The number of phenolic OH excluding ortho intramolecular Hbond substituents is 1. The minimum atomic E-state index is -0.843.